The first kappa shape index (κ1) is 39.4. The number of rotatable bonds is 13. The van der Waals surface area contributed by atoms with E-state index in [1.54, 1.807) is 12.1 Å². The molecule has 48 heavy (non-hydrogen) atoms. The summed E-state index contributed by atoms with van der Waals surface area (Å²) in [6, 6.07) is 8.38. The minimum absolute atomic E-state index is 0. The van der Waals surface area contributed by atoms with Crippen molar-refractivity contribution in [3.05, 3.63) is 75.9 Å². The van der Waals surface area contributed by atoms with Gasteiger partial charge in [0.1, 0.15) is 11.6 Å². The summed E-state index contributed by atoms with van der Waals surface area (Å²) in [4.78, 5) is 7.44. The van der Waals surface area contributed by atoms with Gasteiger partial charge in [-0.05, 0) is 104 Å². The highest BCUT2D eigenvalue weighted by molar-refractivity contribution is 6.02. The Hall–Kier alpha value is -3.01. The number of piperidine rings is 1. The highest BCUT2D eigenvalue weighted by Crippen LogP contribution is 2.33. The van der Waals surface area contributed by atoms with Crippen molar-refractivity contribution >= 4 is 16.6 Å². The van der Waals surface area contributed by atoms with Crippen LogP contribution in [0, 0.1) is 35.3 Å². The average Bonchev–Trinajstić information content (AvgIpc) is 3.35. The topological polar surface area (TPSA) is 77.7 Å². The van der Waals surface area contributed by atoms with Crippen LogP contribution < -0.4 is 6.15 Å². The normalized spacial score (nSPS) is 19.1. The summed E-state index contributed by atoms with van der Waals surface area (Å²) >= 11 is 0. The molecule has 1 fully saturated rings. The predicted molar refractivity (Wildman–Crippen MR) is 194 cm³/mol. The van der Waals surface area contributed by atoms with Crippen molar-refractivity contribution in [1.82, 2.24) is 20.8 Å². The molecule has 268 valence electrons. The van der Waals surface area contributed by atoms with Crippen LogP contribution in [0.25, 0.3) is 10.9 Å². The van der Waals surface area contributed by atoms with E-state index >= 15 is 8.78 Å². The zero-order chi connectivity index (χ0) is 34.1. The van der Waals surface area contributed by atoms with E-state index in [4.69, 9.17) is 9.73 Å². The molecular formula is C39H60F3N5O. The Morgan fingerprint density at radius 2 is 1.79 bits per heavy atom. The molecule has 5 rings (SSSR count). The number of hydrogen-bond acceptors (Lipinski definition) is 5. The molecule has 9 heteroatoms. The predicted octanol–water partition coefficient (Wildman–Crippen LogP) is 10.2. The molecule has 2 aliphatic heterocycles. The summed E-state index contributed by atoms with van der Waals surface area (Å²) in [5.41, 5.74) is 5.10. The van der Waals surface area contributed by atoms with Gasteiger partial charge in [0, 0.05) is 33.3 Å². The second-order valence-electron chi connectivity index (χ2n) is 13.3. The van der Waals surface area contributed by atoms with Crippen LogP contribution in [-0.2, 0) is 24.6 Å². The molecule has 3 heterocycles. The van der Waals surface area contributed by atoms with Crippen molar-refractivity contribution in [2.24, 2.45) is 29.8 Å². The molecule has 0 saturated carbocycles. The Bertz CT molecular complexity index is 1560. The van der Waals surface area contributed by atoms with Gasteiger partial charge in [0.25, 0.3) is 0 Å². The maximum absolute atomic E-state index is 15.1. The van der Waals surface area contributed by atoms with E-state index < -0.39 is 5.95 Å². The summed E-state index contributed by atoms with van der Waals surface area (Å²) < 4.78 is 52.2. The Morgan fingerprint density at radius 1 is 1.04 bits per heavy atom. The largest absolute Gasteiger partial charge is 0.360 e. The standard InChI is InChI=1S/C37H49F3N4O.C2H6.H3N.H2/c1-6-8-10-26-12-15-29(18-32(26)38)34-19-27(13-14-28-17-31-35(20-33(28)39)42-43(5)37(31)40)25(4)36(41-34)22-45-23-44-16-9-11-30(21-44)24(3)7-2;1-2;;/h12,15,17-18,20,24,27,30H,6-11,13-14,16,19,21-23H2,1-5H3;1-2H3;1H3;1H/t24?,27?,30-;;;/m0.../s1. The van der Waals surface area contributed by atoms with Gasteiger partial charge in [-0.2, -0.15) is 9.49 Å². The third kappa shape index (κ3) is 9.57. The number of unbranched alkanes of at least 4 members (excludes halogenated alkanes) is 1. The zero-order valence-electron chi connectivity index (χ0n) is 30.3. The van der Waals surface area contributed by atoms with Crippen molar-refractivity contribution in [3.8, 4) is 0 Å². The number of aryl methyl sites for hydroxylation is 3. The monoisotopic (exact) mass is 671 g/mol. The number of aromatic nitrogens is 2. The van der Waals surface area contributed by atoms with Crippen LogP contribution in [0.5, 0.6) is 0 Å². The first-order chi connectivity index (χ1) is 22.7. The number of fused-ring (bicyclic) bond motifs is 1. The molecular weight excluding hydrogens is 611 g/mol. The molecule has 0 spiro atoms. The van der Waals surface area contributed by atoms with Gasteiger partial charge in [-0.25, -0.2) is 13.5 Å². The molecule has 3 aromatic rings. The van der Waals surface area contributed by atoms with E-state index in [9.17, 15) is 4.39 Å². The zero-order valence-corrected chi connectivity index (χ0v) is 30.3. The van der Waals surface area contributed by atoms with E-state index in [-0.39, 0.29) is 25.1 Å². The first-order valence-electron chi connectivity index (χ1n) is 17.8. The van der Waals surface area contributed by atoms with Crippen molar-refractivity contribution in [2.45, 2.75) is 99.3 Å². The maximum Gasteiger partial charge on any atom is 0.219 e. The average molecular weight is 672 g/mol. The third-order valence-corrected chi connectivity index (χ3v) is 10.2. The summed E-state index contributed by atoms with van der Waals surface area (Å²) in [6.45, 7) is 15.8. The Labute approximate surface area is 287 Å². The van der Waals surface area contributed by atoms with Crippen molar-refractivity contribution in [2.75, 3.05) is 26.4 Å². The van der Waals surface area contributed by atoms with Crippen LogP contribution in [0.15, 0.2) is 46.6 Å². The van der Waals surface area contributed by atoms with Crippen LogP contribution in [0.4, 0.5) is 13.2 Å². The fourth-order valence-electron chi connectivity index (χ4n) is 6.90. The molecule has 6 nitrogen and oxygen atoms in total. The van der Waals surface area contributed by atoms with Gasteiger partial charge in [-0.1, -0.05) is 59.6 Å². The number of allylic oxidation sites excluding steroid dienone is 1. The number of benzene rings is 2. The summed E-state index contributed by atoms with van der Waals surface area (Å²) in [5.74, 6) is 0.432. The molecule has 2 aromatic carbocycles. The number of hydrogen-bond donors (Lipinski definition) is 1. The van der Waals surface area contributed by atoms with E-state index in [0.29, 0.717) is 60.9 Å². The molecule has 2 aliphatic rings. The van der Waals surface area contributed by atoms with E-state index in [1.807, 2.05) is 26.0 Å². The number of aliphatic imine (C=N–C) groups is 1. The van der Waals surface area contributed by atoms with Crippen molar-refractivity contribution < 1.29 is 19.3 Å². The molecule has 1 aromatic heterocycles. The van der Waals surface area contributed by atoms with Gasteiger partial charge in [0.15, 0.2) is 0 Å². The highest BCUT2D eigenvalue weighted by Gasteiger charge is 2.27. The van der Waals surface area contributed by atoms with Crippen LogP contribution in [0.1, 0.15) is 105 Å². The number of likely N-dealkylation sites (tertiary alicyclic amines) is 1. The quantitative estimate of drug-likeness (QED) is 0.196. The van der Waals surface area contributed by atoms with Crippen LogP contribution in [0.2, 0.25) is 0 Å². The molecule has 3 atom stereocenters. The molecule has 3 N–H and O–H groups in total. The molecule has 0 radical (unpaired) electrons. The lowest BCUT2D eigenvalue weighted by Gasteiger charge is -2.35. The summed E-state index contributed by atoms with van der Waals surface area (Å²) in [6.07, 6.45) is 8.05. The lowest BCUT2D eigenvalue weighted by molar-refractivity contribution is 0.00745. The molecule has 2 unspecified atom stereocenters. The summed E-state index contributed by atoms with van der Waals surface area (Å²) in [5, 5.41) is 4.40. The Balaban J connectivity index is 0.00000205. The molecule has 1 saturated heterocycles. The van der Waals surface area contributed by atoms with E-state index in [0.717, 1.165) is 65.1 Å². The number of ether oxygens (including phenoxy) is 1. The fraction of sp³-hybridized carbons (Fsp3) is 0.590. The molecule has 0 amide bonds. The van der Waals surface area contributed by atoms with Crippen molar-refractivity contribution in [3.63, 3.8) is 0 Å². The van der Waals surface area contributed by atoms with Gasteiger partial charge < -0.3 is 10.9 Å². The van der Waals surface area contributed by atoms with Gasteiger partial charge in [0.05, 0.1) is 29.9 Å². The van der Waals surface area contributed by atoms with Gasteiger partial charge in [-0.3, -0.25) is 9.89 Å². The minimum Gasteiger partial charge on any atom is -0.360 e. The fourth-order valence-corrected chi connectivity index (χ4v) is 6.90. The maximum atomic E-state index is 15.1. The number of halogens is 3. The molecule has 0 bridgehead atoms. The third-order valence-electron chi connectivity index (χ3n) is 10.2. The first-order valence-corrected chi connectivity index (χ1v) is 17.8. The van der Waals surface area contributed by atoms with Gasteiger partial charge >= 0.3 is 0 Å². The van der Waals surface area contributed by atoms with E-state index in [2.05, 4.69) is 37.7 Å². The smallest absolute Gasteiger partial charge is 0.219 e. The minimum atomic E-state index is -0.470. The Morgan fingerprint density at radius 3 is 2.50 bits per heavy atom. The van der Waals surface area contributed by atoms with Crippen LogP contribution in [-0.4, -0.2) is 46.8 Å². The second-order valence-corrected chi connectivity index (χ2v) is 13.3. The van der Waals surface area contributed by atoms with Crippen molar-refractivity contribution in [1.29, 1.82) is 0 Å². The van der Waals surface area contributed by atoms with Crippen LogP contribution in [0.3, 0.4) is 0 Å². The van der Waals surface area contributed by atoms with Gasteiger partial charge in [-0.15, -0.1) is 0 Å². The highest BCUT2D eigenvalue weighted by atomic mass is 19.1. The second kappa shape index (κ2) is 18.7. The number of nitrogens with zero attached hydrogens (tertiary/aromatic N) is 4. The van der Waals surface area contributed by atoms with Gasteiger partial charge in [0.2, 0.25) is 5.95 Å². The lowest BCUT2D eigenvalue weighted by Crippen LogP contribution is -2.39. The lowest BCUT2D eigenvalue weighted by atomic mass is 9.83. The Kier molecular flexibility index (Phi) is 15.3. The summed E-state index contributed by atoms with van der Waals surface area (Å²) in [7, 11) is 1.52. The SMILES string of the molecule is CC.CCCCc1ccc(C2=NC(COCN3CCC[C@H](C(C)CC)C3)=C(C)C(CCc3cc4c(F)n(C)nc4cc3F)C2)cc1F.N.[HH]. The van der Waals surface area contributed by atoms with Crippen LogP contribution >= 0.6 is 0 Å². The molecule has 0 aliphatic carbocycles. The van der Waals surface area contributed by atoms with E-state index in [1.165, 1.54) is 32.4 Å².